The van der Waals surface area contributed by atoms with Crippen molar-refractivity contribution < 1.29 is 0 Å². The SMILES string of the molecule is C#CCN(CC1CC1)c1nc(CN)cc2ccccc12. The molecule has 20 heavy (non-hydrogen) atoms. The van der Waals surface area contributed by atoms with Gasteiger partial charge in [-0.25, -0.2) is 4.98 Å². The lowest BCUT2D eigenvalue weighted by atomic mass is 10.1. The molecule has 102 valence electrons. The van der Waals surface area contributed by atoms with Crippen LogP contribution in [-0.2, 0) is 6.54 Å². The van der Waals surface area contributed by atoms with Gasteiger partial charge >= 0.3 is 0 Å². The van der Waals surface area contributed by atoms with Gasteiger partial charge in [0.15, 0.2) is 0 Å². The Labute approximate surface area is 119 Å². The monoisotopic (exact) mass is 265 g/mol. The molecule has 0 radical (unpaired) electrons. The van der Waals surface area contributed by atoms with Gasteiger partial charge in [-0.2, -0.15) is 0 Å². The summed E-state index contributed by atoms with van der Waals surface area (Å²) in [5, 5.41) is 2.33. The van der Waals surface area contributed by atoms with Crippen molar-refractivity contribution in [1.82, 2.24) is 4.98 Å². The second-order valence-electron chi connectivity index (χ2n) is 5.39. The molecule has 3 rings (SSSR count). The van der Waals surface area contributed by atoms with Crippen molar-refractivity contribution in [1.29, 1.82) is 0 Å². The van der Waals surface area contributed by atoms with Crippen LogP contribution in [0, 0.1) is 18.3 Å². The predicted molar refractivity (Wildman–Crippen MR) is 83.4 cm³/mol. The molecule has 0 saturated heterocycles. The molecule has 2 aromatic rings. The smallest absolute Gasteiger partial charge is 0.137 e. The first-order valence-electron chi connectivity index (χ1n) is 7.09. The van der Waals surface area contributed by atoms with Crippen LogP contribution in [0.1, 0.15) is 18.5 Å². The Bertz CT molecular complexity index is 653. The summed E-state index contributed by atoms with van der Waals surface area (Å²) < 4.78 is 0. The number of aromatic nitrogens is 1. The summed E-state index contributed by atoms with van der Waals surface area (Å²) in [5.41, 5.74) is 6.69. The van der Waals surface area contributed by atoms with Crippen LogP contribution < -0.4 is 10.6 Å². The number of terminal acetylenes is 1. The number of fused-ring (bicyclic) bond motifs is 1. The van der Waals surface area contributed by atoms with Crippen molar-refractivity contribution in [2.24, 2.45) is 11.7 Å². The van der Waals surface area contributed by atoms with E-state index in [1.807, 2.05) is 12.1 Å². The van der Waals surface area contributed by atoms with Gasteiger partial charge in [-0.15, -0.1) is 6.42 Å². The topological polar surface area (TPSA) is 42.2 Å². The van der Waals surface area contributed by atoms with Gasteiger partial charge in [0.05, 0.1) is 12.2 Å². The van der Waals surface area contributed by atoms with E-state index in [1.54, 1.807) is 0 Å². The highest BCUT2D eigenvalue weighted by Crippen LogP contribution is 2.33. The lowest BCUT2D eigenvalue weighted by Gasteiger charge is -2.23. The summed E-state index contributed by atoms with van der Waals surface area (Å²) in [6.45, 7) is 2.04. The van der Waals surface area contributed by atoms with Gasteiger partial charge < -0.3 is 10.6 Å². The molecule has 0 spiro atoms. The molecule has 1 aromatic carbocycles. The number of pyridine rings is 1. The van der Waals surface area contributed by atoms with Crippen molar-refractivity contribution in [2.75, 3.05) is 18.0 Å². The molecular formula is C17H19N3. The normalized spacial score (nSPS) is 14.2. The molecule has 1 heterocycles. The zero-order chi connectivity index (χ0) is 13.9. The average molecular weight is 265 g/mol. The van der Waals surface area contributed by atoms with Gasteiger partial charge in [0.2, 0.25) is 0 Å². The molecule has 0 atom stereocenters. The second kappa shape index (κ2) is 5.52. The van der Waals surface area contributed by atoms with Gasteiger partial charge in [0, 0.05) is 18.5 Å². The minimum Gasteiger partial charge on any atom is -0.345 e. The van der Waals surface area contributed by atoms with E-state index in [1.165, 1.54) is 18.2 Å². The fraction of sp³-hybridized carbons (Fsp3) is 0.353. The first-order chi connectivity index (χ1) is 9.81. The van der Waals surface area contributed by atoms with Gasteiger partial charge in [-0.1, -0.05) is 30.2 Å². The average Bonchev–Trinajstić information content (AvgIpc) is 3.29. The molecule has 1 aliphatic rings. The van der Waals surface area contributed by atoms with Crippen molar-refractivity contribution in [3.8, 4) is 12.3 Å². The van der Waals surface area contributed by atoms with Gasteiger partial charge in [-0.3, -0.25) is 0 Å². The number of benzene rings is 1. The van der Waals surface area contributed by atoms with Crippen LogP contribution in [0.5, 0.6) is 0 Å². The molecule has 0 amide bonds. The summed E-state index contributed by atoms with van der Waals surface area (Å²) in [5.74, 6) is 4.51. The van der Waals surface area contributed by atoms with E-state index >= 15 is 0 Å². The van der Waals surface area contributed by atoms with E-state index in [-0.39, 0.29) is 0 Å². The van der Waals surface area contributed by atoms with Crippen LogP contribution in [0.4, 0.5) is 5.82 Å². The third kappa shape index (κ3) is 2.61. The Kier molecular flexibility index (Phi) is 3.58. The van der Waals surface area contributed by atoms with Crippen LogP contribution >= 0.6 is 0 Å². The summed E-state index contributed by atoms with van der Waals surface area (Å²) in [6, 6.07) is 10.4. The molecule has 2 N–H and O–H groups in total. The minimum atomic E-state index is 0.450. The van der Waals surface area contributed by atoms with Crippen LogP contribution in [0.25, 0.3) is 10.8 Å². The Morgan fingerprint density at radius 1 is 1.35 bits per heavy atom. The molecule has 3 nitrogen and oxygen atoms in total. The minimum absolute atomic E-state index is 0.450. The van der Waals surface area contributed by atoms with Crippen LogP contribution in [0.15, 0.2) is 30.3 Å². The third-order valence-electron chi connectivity index (χ3n) is 3.74. The summed E-state index contributed by atoms with van der Waals surface area (Å²) in [6.07, 6.45) is 8.14. The molecule has 0 aliphatic heterocycles. The zero-order valence-electron chi connectivity index (χ0n) is 11.5. The fourth-order valence-electron chi connectivity index (χ4n) is 2.53. The number of hydrogen-bond acceptors (Lipinski definition) is 3. The Hall–Kier alpha value is -2.05. The van der Waals surface area contributed by atoms with Crippen molar-refractivity contribution in [2.45, 2.75) is 19.4 Å². The highest BCUT2D eigenvalue weighted by molar-refractivity contribution is 5.92. The summed E-state index contributed by atoms with van der Waals surface area (Å²) >= 11 is 0. The van der Waals surface area contributed by atoms with Crippen LogP contribution in [-0.4, -0.2) is 18.1 Å². The standard InChI is InChI=1S/C17H19N3/c1-2-9-20(12-13-7-8-13)17-16-6-4-3-5-14(16)10-15(11-18)19-17/h1,3-6,10,13H,7-9,11-12,18H2. The largest absolute Gasteiger partial charge is 0.345 e. The van der Waals surface area contributed by atoms with Crippen molar-refractivity contribution >= 4 is 16.6 Å². The first-order valence-corrected chi connectivity index (χ1v) is 7.09. The summed E-state index contributed by atoms with van der Waals surface area (Å²) in [4.78, 5) is 6.95. The van der Waals surface area contributed by atoms with Crippen LogP contribution in [0.3, 0.4) is 0 Å². The lowest BCUT2D eigenvalue weighted by Crippen LogP contribution is -2.27. The fourth-order valence-corrected chi connectivity index (χ4v) is 2.53. The molecule has 0 unspecified atom stereocenters. The van der Waals surface area contributed by atoms with Gasteiger partial charge in [-0.05, 0) is 30.2 Å². The number of nitrogens with two attached hydrogens (primary N) is 1. The van der Waals surface area contributed by atoms with Gasteiger partial charge in [0.1, 0.15) is 5.82 Å². The Morgan fingerprint density at radius 2 is 2.15 bits per heavy atom. The number of rotatable bonds is 5. The molecule has 1 saturated carbocycles. The quantitative estimate of drug-likeness (QED) is 0.845. The third-order valence-corrected chi connectivity index (χ3v) is 3.74. The maximum Gasteiger partial charge on any atom is 0.137 e. The molecular weight excluding hydrogens is 246 g/mol. The van der Waals surface area contributed by atoms with Gasteiger partial charge in [0.25, 0.3) is 0 Å². The van der Waals surface area contributed by atoms with E-state index in [0.717, 1.165) is 29.4 Å². The molecule has 3 heteroatoms. The van der Waals surface area contributed by atoms with E-state index in [9.17, 15) is 0 Å². The van der Waals surface area contributed by atoms with E-state index in [0.29, 0.717) is 13.1 Å². The highest BCUT2D eigenvalue weighted by Gasteiger charge is 2.25. The van der Waals surface area contributed by atoms with E-state index in [2.05, 4.69) is 29.0 Å². The maximum atomic E-state index is 5.78. The molecule has 1 aromatic heterocycles. The number of hydrogen-bond donors (Lipinski definition) is 1. The van der Waals surface area contributed by atoms with E-state index in [4.69, 9.17) is 17.1 Å². The number of anilines is 1. The molecule has 1 fully saturated rings. The molecule has 0 bridgehead atoms. The zero-order valence-corrected chi connectivity index (χ0v) is 11.5. The molecule has 1 aliphatic carbocycles. The predicted octanol–water partition coefficient (Wildman–Crippen LogP) is 2.54. The van der Waals surface area contributed by atoms with Crippen molar-refractivity contribution in [3.63, 3.8) is 0 Å². The first kappa shape index (κ1) is 13.0. The van der Waals surface area contributed by atoms with Crippen molar-refractivity contribution in [3.05, 3.63) is 36.0 Å². The highest BCUT2D eigenvalue weighted by atomic mass is 15.2. The lowest BCUT2D eigenvalue weighted by molar-refractivity contribution is 0.755. The second-order valence-corrected chi connectivity index (χ2v) is 5.39. The Balaban J connectivity index is 2.08. The maximum absolute atomic E-state index is 5.78. The summed E-state index contributed by atoms with van der Waals surface area (Å²) in [7, 11) is 0. The Morgan fingerprint density at radius 3 is 2.85 bits per heavy atom. The van der Waals surface area contributed by atoms with Crippen LogP contribution in [0.2, 0.25) is 0 Å². The van der Waals surface area contributed by atoms with E-state index < -0.39 is 0 Å². The number of nitrogens with zero attached hydrogens (tertiary/aromatic N) is 2.